The van der Waals surface area contributed by atoms with Crippen LogP contribution in [0.15, 0.2) is 54.7 Å². The summed E-state index contributed by atoms with van der Waals surface area (Å²) in [7, 11) is 1.60. The van der Waals surface area contributed by atoms with Crippen LogP contribution in [-0.4, -0.2) is 63.8 Å². The molecule has 5 rings (SSSR count). The van der Waals surface area contributed by atoms with Gasteiger partial charge in [0.05, 0.1) is 26.2 Å². The van der Waals surface area contributed by atoms with E-state index in [0.717, 1.165) is 11.3 Å². The molecule has 2 unspecified atom stereocenters. The van der Waals surface area contributed by atoms with Crippen molar-refractivity contribution in [3.05, 3.63) is 66.1 Å². The first-order chi connectivity index (χ1) is 20.0. The number of piperidine rings is 1. The smallest absolute Gasteiger partial charge is 0.410 e. The maximum absolute atomic E-state index is 15.5. The Morgan fingerprint density at radius 1 is 1.14 bits per heavy atom. The van der Waals surface area contributed by atoms with Gasteiger partial charge in [0.15, 0.2) is 23.0 Å². The summed E-state index contributed by atoms with van der Waals surface area (Å²) in [5.74, 6) is 0.681. The number of nitrogens with one attached hydrogen (secondary N) is 1. The molecule has 0 spiro atoms. The van der Waals surface area contributed by atoms with E-state index >= 15 is 4.39 Å². The van der Waals surface area contributed by atoms with Crippen LogP contribution in [0.5, 0.6) is 17.2 Å². The summed E-state index contributed by atoms with van der Waals surface area (Å²) >= 11 is 0. The van der Waals surface area contributed by atoms with E-state index < -0.39 is 29.7 Å². The third-order valence-electron chi connectivity index (χ3n) is 6.78. The van der Waals surface area contributed by atoms with Crippen molar-refractivity contribution in [3.8, 4) is 17.2 Å². The van der Waals surface area contributed by atoms with Crippen molar-refractivity contribution >= 4 is 28.6 Å². The van der Waals surface area contributed by atoms with Gasteiger partial charge in [-0.1, -0.05) is 12.1 Å². The highest BCUT2D eigenvalue weighted by Crippen LogP contribution is 2.36. The standard InChI is InChI=1S/C30H34F2N6O4/c1-30(2,3)42-29(39)37-14-12-23(22(32)17-37)35-27-26-25(41-24-10-7-19(33)15-21(24)31)11-13-34-28(26)38(36-27)16-18-5-8-20(40-4)9-6-18/h5-11,13,15,22-23H,12,14,16-17,33H2,1-4H3,(H,35,36). The summed E-state index contributed by atoms with van der Waals surface area (Å²) in [6, 6.07) is 12.6. The fourth-order valence-corrected chi connectivity index (χ4v) is 4.72. The summed E-state index contributed by atoms with van der Waals surface area (Å²) in [6.07, 6.45) is -0.0944. The molecule has 4 aromatic rings. The lowest BCUT2D eigenvalue weighted by Gasteiger charge is -2.36. The molecule has 1 fully saturated rings. The number of carbonyl (C=O) groups excluding carboxylic acids is 1. The van der Waals surface area contributed by atoms with Crippen molar-refractivity contribution in [2.45, 2.75) is 51.6 Å². The van der Waals surface area contributed by atoms with E-state index in [9.17, 15) is 9.18 Å². The van der Waals surface area contributed by atoms with Gasteiger partial charge in [-0.3, -0.25) is 0 Å². The number of aromatic nitrogens is 3. The van der Waals surface area contributed by atoms with Crippen molar-refractivity contribution in [3.63, 3.8) is 0 Å². The van der Waals surface area contributed by atoms with E-state index in [0.29, 0.717) is 36.4 Å². The highest BCUT2D eigenvalue weighted by molar-refractivity contribution is 5.93. The van der Waals surface area contributed by atoms with Crippen LogP contribution in [0.2, 0.25) is 0 Å². The number of rotatable bonds is 7. The summed E-state index contributed by atoms with van der Waals surface area (Å²) in [5, 5.41) is 8.42. The quantitative estimate of drug-likeness (QED) is 0.265. The molecule has 42 heavy (non-hydrogen) atoms. The lowest BCUT2D eigenvalue weighted by Crippen LogP contribution is -2.51. The van der Waals surface area contributed by atoms with Crippen LogP contribution in [0.25, 0.3) is 11.0 Å². The number of likely N-dealkylation sites (tertiary alicyclic amines) is 1. The first kappa shape index (κ1) is 28.9. The fourth-order valence-electron chi connectivity index (χ4n) is 4.72. The van der Waals surface area contributed by atoms with Crippen molar-refractivity contribution in [1.29, 1.82) is 0 Å². The van der Waals surface area contributed by atoms with Gasteiger partial charge < -0.3 is 30.2 Å². The first-order valence-corrected chi connectivity index (χ1v) is 13.6. The number of nitrogens with zero attached hydrogens (tertiary/aromatic N) is 4. The minimum absolute atomic E-state index is 0.0282. The van der Waals surface area contributed by atoms with Crippen LogP contribution < -0.4 is 20.5 Å². The number of amides is 1. The molecule has 0 radical (unpaired) electrons. The Labute approximate surface area is 242 Å². The molecule has 2 aromatic carbocycles. The molecule has 12 heteroatoms. The van der Waals surface area contributed by atoms with Gasteiger partial charge in [0.25, 0.3) is 0 Å². The van der Waals surface area contributed by atoms with E-state index in [4.69, 9.17) is 25.0 Å². The Balaban J connectivity index is 1.46. The molecule has 0 bridgehead atoms. The van der Waals surface area contributed by atoms with Gasteiger partial charge in [0.1, 0.15) is 28.7 Å². The van der Waals surface area contributed by atoms with Crippen molar-refractivity contribution in [1.82, 2.24) is 19.7 Å². The summed E-state index contributed by atoms with van der Waals surface area (Å²) < 4.78 is 48.5. The third-order valence-corrected chi connectivity index (χ3v) is 6.78. The van der Waals surface area contributed by atoms with Gasteiger partial charge in [-0.25, -0.2) is 23.2 Å². The van der Waals surface area contributed by atoms with Gasteiger partial charge in [-0.2, -0.15) is 5.10 Å². The Bertz CT molecular complexity index is 1570. The second-order valence-electron chi connectivity index (χ2n) is 11.1. The summed E-state index contributed by atoms with van der Waals surface area (Å²) in [5.41, 5.74) is 6.68. The Morgan fingerprint density at radius 2 is 1.90 bits per heavy atom. The van der Waals surface area contributed by atoms with Gasteiger partial charge >= 0.3 is 6.09 Å². The largest absolute Gasteiger partial charge is 0.497 e. The molecular weight excluding hydrogens is 546 g/mol. The normalized spacial score (nSPS) is 17.2. The van der Waals surface area contributed by atoms with Crippen LogP contribution in [0, 0.1) is 5.82 Å². The number of methoxy groups -OCH3 is 1. The van der Waals surface area contributed by atoms with E-state index in [1.54, 1.807) is 44.8 Å². The topological polar surface area (TPSA) is 117 Å². The maximum atomic E-state index is 15.5. The lowest BCUT2D eigenvalue weighted by molar-refractivity contribution is 0.0125. The number of anilines is 2. The molecule has 2 atom stereocenters. The molecule has 0 aliphatic carbocycles. The van der Waals surface area contributed by atoms with E-state index in [-0.39, 0.29) is 23.7 Å². The second-order valence-corrected chi connectivity index (χ2v) is 11.1. The number of ether oxygens (including phenoxy) is 3. The molecular formula is C30H34F2N6O4. The minimum atomic E-state index is -1.40. The van der Waals surface area contributed by atoms with Crippen LogP contribution >= 0.6 is 0 Å². The molecule has 3 N–H and O–H groups in total. The lowest BCUT2D eigenvalue weighted by atomic mass is 10.0. The molecule has 10 nitrogen and oxygen atoms in total. The maximum Gasteiger partial charge on any atom is 0.410 e. The number of hydrogen-bond acceptors (Lipinski definition) is 8. The zero-order valence-electron chi connectivity index (χ0n) is 23.9. The zero-order valence-corrected chi connectivity index (χ0v) is 23.9. The molecule has 1 saturated heterocycles. The number of hydrogen-bond donors (Lipinski definition) is 2. The molecule has 0 saturated carbocycles. The number of pyridine rings is 1. The number of carbonyl (C=O) groups is 1. The SMILES string of the molecule is COc1ccc(Cn2nc(NC3CCN(C(=O)OC(C)(C)C)CC3F)c3c(Oc4ccc(N)cc4F)ccnc32)cc1. The number of fused-ring (bicyclic) bond motifs is 1. The average Bonchev–Trinajstić information content (AvgIpc) is 3.28. The Morgan fingerprint density at radius 3 is 2.57 bits per heavy atom. The van der Waals surface area contributed by atoms with E-state index in [1.807, 2.05) is 24.3 Å². The number of nitrogen functional groups attached to an aromatic ring is 1. The first-order valence-electron chi connectivity index (χ1n) is 13.6. The number of benzene rings is 2. The van der Waals surface area contributed by atoms with Crippen molar-refractivity contribution < 1.29 is 27.8 Å². The molecule has 3 heterocycles. The monoisotopic (exact) mass is 580 g/mol. The van der Waals surface area contributed by atoms with Gasteiger partial charge in [0.2, 0.25) is 0 Å². The molecule has 1 aliphatic heterocycles. The van der Waals surface area contributed by atoms with E-state index in [1.165, 1.54) is 23.1 Å². The predicted molar refractivity (Wildman–Crippen MR) is 155 cm³/mol. The number of halogens is 2. The molecule has 222 valence electrons. The summed E-state index contributed by atoms with van der Waals surface area (Å²) in [6.45, 7) is 5.83. The Kier molecular flexibility index (Phi) is 8.06. The molecule has 1 amide bonds. The van der Waals surface area contributed by atoms with Crippen molar-refractivity contribution in [2.24, 2.45) is 0 Å². The van der Waals surface area contributed by atoms with Gasteiger partial charge in [-0.15, -0.1) is 0 Å². The second kappa shape index (κ2) is 11.7. The number of alkyl halides is 1. The average molecular weight is 581 g/mol. The third kappa shape index (κ3) is 6.48. The highest BCUT2D eigenvalue weighted by Gasteiger charge is 2.35. The van der Waals surface area contributed by atoms with Gasteiger partial charge in [-0.05, 0) is 57.0 Å². The fraction of sp³-hybridized carbons (Fsp3) is 0.367. The Hall–Kier alpha value is -4.61. The number of nitrogens with two attached hydrogens (primary N) is 1. The highest BCUT2D eigenvalue weighted by atomic mass is 19.1. The van der Waals surface area contributed by atoms with Crippen LogP contribution in [-0.2, 0) is 11.3 Å². The predicted octanol–water partition coefficient (Wildman–Crippen LogP) is 5.76. The molecule has 2 aromatic heterocycles. The zero-order chi connectivity index (χ0) is 30.0. The van der Waals surface area contributed by atoms with Gasteiger partial charge in [0, 0.05) is 30.6 Å². The van der Waals surface area contributed by atoms with Crippen LogP contribution in [0.1, 0.15) is 32.8 Å². The summed E-state index contributed by atoms with van der Waals surface area (Å²) in [4.78, 5) is 18.4. The van der Waals surface area contributed by atoms with Crippen molar-refractivity contribution in [2.75, 3.05) is 31.2 Å². The minimum Gasteiger partial charge on any atom is -0.497 e. The van der Waals surface area contributed by atoms with Crippen LogP contribution in [0.4, 0.5) is 25.1 Å². The molecule has 1 aliphatic rings. The van der Waals surface area contributed by atoms with E-state index in [2.05, 4.69) is 10.3 Å². The van der Waals surface area contributed by atoms with Crippen LogP contribution in [0.3, 0.4) is 0 Å².